The summed E-state index contributed by atoms with van der Waals surface area (Å²) in [5, 5.41) is 9.68. The van der Waals surface area contributed by atoms with E-state index in [-0.39, 0.29) is 17.5 Å². The van der Waals surface area contributed by atoms with Gasteiger partial charge in [-0.2, -0.15) is 5.26 Å². The Balaban J connectivity index is 1.68. The quantitative estimate of drug-likeness (QED) is 0.615. The monoisotopic (exact) mass is 343 g/mol. The molecule has 0 saturated carbocycles. The third-order valence-corrected chi connectivity index (χ3v) is 5.23. The molecule has 2 heterocycles. The van der Waals surface area contributed by atoms with Crippen molar-refractivity contribution in [3.8, 4) is 6.07 Å². The molecule has 0 aromatic heterocycles. The largest absolute Gasteiger partial charge is 0.343 e. The maximum absolute atomic E-state index is 13.1. The number of para-hydroxylation sites is 2. The molecule has 2 aromatic carbocycles. The molecule has 1 atom stereocenters. The van der Waals surface area contributed by atoms with Gasteiger partial charge in [0.05, 0.1) is 0 Å². The van der Waals surface area contributed by atoms with E-state index in [4.69, 9.17) is 0 Å². The zero-order valence-corrected chi connectivity index (χ0v) is 14.9. The van der Waals surface area contributed by atoms with Gasteiger partial charge in [0.1, 0.15) is 11.6 Å². The number of hydrogen-bond acceptors (Lipinski definition) is 3. The van der Waals surface area contributed by atoms with Crippen LogP contribution in [-0.2, 0) is 17.6 Å². The van der Waals surface area contributed by atoms with E-state index in [1.165, 1.54) is 11.1 Å². The summed E-state index contributed by atoms with van der Waals surface area (Å²) in [5.41, 5.74) is 4.62. The molecule has 4 heteroatoms. The van der Waals surface area contributed by atoms with Crippen molar-refractivity contribution in [2.75, 3.05) is 16.3 Å². The van der Waals surface area contributed by atoms with Crippen LogP contribution in [-0.4, -0.2) is 18.5 Å². The second-order valence-corrected chi connectivity index (χ2v) is 6.93. The second-order valence-electron chi connectivity index (χ2n) is 6.93. The lowest BCUT2D eigenvalue weighted by Gasteiger charge is -2.29. The Hall–Kier alpha value is -3.06. The van der Waals surface area contributed by atoms with E-state index in [0.717, 1.165) is 30.6 Å². The molecular formula is C22H21N3O. The predicted molar refractivity (Wildman–Crippen MR) is 103 cm³/mol. The number of hydrogen-bond donors (Lipinski definition) is 0. The van der Waals surface area contributed by atoms with E-state index in [9.17, 15) is 10.1 Å². The molecular weight excluding hydrogens is 322 g/mol. The van der Waals surface area contributed by atoms with Gasteiger partial charge in [0.25, 0.3) is 5.91 Å². The number of nitriles is 1. The summed E-state index contributed by atoms with van der Waals surface area (Å²) in [6.45, 7) is 2.77. The molecule has 0 aliphatic carbocycles. The number of amides is 1. The summed E-state index contributed by atoms with van der Waals surface area (Å²) in [4.78, 5) is 16.9. The molecule has 2 aliphatic rings. The van der Waals surface area contributed by atoms with E-state index in [0.29, 0.717) is 6.54 Å². The Labute approximate surface area is 154 Å². The average Bonchev–Trinajstić information content (AvgIpc) is 3.00. The fourth-order valence-electron chi connectivity index (χ4n) is 3.95. The molecule has 2 aromatic rings. The molecule has 4 nitrogen and oxygen atoms in total. The number of aryl methyl sites for hydroxylation is 1. The van der Waals surface area contributed by atoms with Gasteiger partial charge in [-0.1, -0.05) is 36.4 Å². The molecule has 0 N–H and O–H groups in total. The minimum Gasteiger partial charge on any atom is -0.343 e. The molecule has 26 heavy (non-hydrogen) atoms. The van der Waals surface area contributed by atoms with Crippen LogP contribution in [0.3, 0.4) is 0 Å². The zero-order valence-electron chi connectivity index (χ0n) is 14.9. The van der Waals surface area contributed by atoms with Crippen LogP contribution < -0.4 is 9.80 Å². The number of nitrogens with zero attached hydrogens (tertiary/aromatic N) is 3. The zero-order chi connectivity index (χ0) is 18.1. The standard InChI is InChI=1S/C22H21N3O/c1-16-13-18-8-3-5-11-21(18)25(16)15-19(14-23)22(26)24-12-6-9-17-7-2-4-10-20(17)24/h2-5,7-8,10-11,15-16H,6,9,12-13H2,1H3/b19-15-. The summed E-state index contributed by atoms with van der Waals surface area (Å²) < 4.78 is 0. The van der Waals surface area contributed by atoms with Crippen molar-refractivity contribution in [1.29, 1.82) is 5.26 Å². The average molecular weight is 343 g/mol. The van der Waals surface area contributed by atoms with E-state index >= 15 is 0 Å². The molecule has 0 saturated heterocycles. The van der Waals surface area contributed by atoms with Gasteiger partial charge < -0.3 is 9.80 Å². The summed E-state index contributed by atoms with van der Waals surface area (Å²) in [6.07, 6.45) is 4.55. The topological polar surface area (TPSA) is 47.3 Å². The van der Waals surface area contributed by atoms with Crippen molar-refractivity contribution >= 4 is 17.3 Å². The van der Waals surface area contributed by atoms with E-state index < -0.39 is 0 Å². The highest BCUT2D eigenvalue weighted by molar-refractivity contribution is 6.09. The van der Waals surface area contributed by atoms with Crippen molar-refractivity contribution in [3.63, 3.8) is 0 Å². The third-order valence-electron chi connectivity index (χ3n) is 5.23. The highest BCUT2D eigenvalue weighted by Crippen LogP contribution is 2.33. The lowest BCUT2D eigenvalue weighted by Crippen LogP contribution is -2.37. The fraction of sp³-hybridized carbons (Fsp3) is 0.273. The first-order chi connectivity index (χ1) is 12.7. The molecule has 130 valence electrons. The second kappa shape index (κ2) is 6.68. The van der Waals surface area contributed by atoms with Gasteiger partial charge in [-0.15, -0.1) is 0 Å². The number of benzene rings is 2. The van der Waals surface area contributed by atoms with Gasteiger partial charge in [0.15, 0.2) is 0 Å². The predicted octanol–water partition coefficient (Wildman–Crippen LogP) is 3.82. The number of rotatable bonds is 2. The minimum absolute atomic E-state index is 0.185. The molecule has 4 rings (SSSR count). The Morgan fingerprint density at radius 2 is 1.81 bits per heavy atom. The van der Waals surface area contributed by atoms with Crippen molar-refractivity contribution in [2.45, 2.75) is 32.2 Å². The van der Waals surface area contributed by atoms with Crippen molar-refractivity contribution in [1.82, 2.24) is 0 Å². The number of carbonyl (C=O) groups excluding carboxylic acids is 1. The van der Waals surface area contributed by atoms with Gasteiger partial charge in [-0.3, -0.25) is 4.79 Å². The third kappa shape index (κ3) is 2.76. The fourth-order valence-corrected chi connectivity index (χ4v) is 3.95. The minimum atomic E-state index is -0.212. The first-order valence-electron chi connectivity index (χ1n) is 9.07. The van der Waals surface area contributed by atoms with Crippen molar-refractivity contribution in [2.24, 2.45) is 0 Å². The first-order valence-corrected chi connectivity index (χ1v) is 9.07. The highest BCUT2D eigenvalue weighted by Gasteiger charge is 2.28. The van der Waals surface area contributed by atoms with Crippen LogP contribution in [0.5, 0.6) is 0 Å². The van der Waals surface area contributed by atoms with Gasteiger partial charge in [0, 0.05) is 30.2 Å². The van der Waals surface area contributed by atoms with Gasteiger partial charge in [-0.25, -0.2) is 0 Å². The van der Waals surface area contributed by atoms with Gasteiger partial charge >= 0.3 is 0 Å². The van der Waals surface area contributed by atoms with Crippen LogP contribution in [0.2, 0.25) is 0 Å². The Morgan fingerprint density at radius 3 is 2.58 bits per heavy atom. The van der Waals surface area contributed by atoms with Crippen molar-refractivity contribution < 1.29 is 4.79 Å². The normalized spacial score (nSPS) is 18.9. The Kier molecular flexibility index (Phi) is 4.22. The molecule has 0 spiro atoms. The maximum atomic E-state index is 13.1. The Morgan fingerprint density at radius 1 is 1.12 bits per heavy atom. The van der Waals surface area contributed by atoms with Gasteiger partial charge in [-0.05, 0) is 49.4 Å². The summed E-state index contributed by atoms with van der Waals surface area (Å²) in [5.74, 6) is -0.212. The van der Waals surface area contributed by atoms with E-state index in [1.807, 2.05) is 36.4 Å². The molecule has 0 fully saturated rings. The van der Waals surface area contributed by atoms with Gasteiger partial charge in [0.2, 0.25) is 0 Å². The van der Waals surface area contributed by atoms with Crippen LogP contribution in [0.1, 0.15) is 24.5 Å². The van der Waals surface area contributed by atoms with E-state index in [1.54, 1.807) is 11.1 Å². The van der Waals surface area contributed by atoms with Crippen LogP contribution in [0.15, 0.2) is 60.3 Å². The maximum Gasteiger partial charge on any atom is 0.270 e. The Bertz CT molecular complexity index is 925. The highest BCUT2D eigenvalue weighted by atomic mass is 16.2. The SMILES string of the molecule is CC1Cc2ccccc2N1/C=C(/C#N)C(=O)N1CCCc2ccccc21. The lowest BCUT2D eigenvalue weighted by molar-refractivity contribution is -0.114. The van der Waals surface area contributed by atoms with Crippen LogP contribution in [0.4, 0.5) is 11.4 Å². The summed E-state index contributed by atoms with van der Waals surface area (Å²) >= 11 is 0. The molecule has 2 aliphatic heterocycles. The molecule has 0 bridgehead atoms. The molecule has 1 unspecified atom stereocenters. The lowest BCUT2D eigenvalue weighted by atomic mass is 10.0. The number of fused-ring (bicyclic) bond motifs is 2. The van der Waals surface area contributed by atoms with E-state index in [2.05, 4.69) is 30.0 Å². The molecule has 0 radical (unpaired) electrons. The molecule has 1 amide bonds. The first kappa shape index (κ1) is 16.4. The van der Waals surface area contributed by atoms with Crippen LogP contribution in [0.25, 0.3) is 0 Å². The number of anilines is 2. The van der Waals surface area contributed by atoms with Crippen molar-refractivity contribution in [3.05, 3.63) is 71.4 Å². The smallest absolute Gasteiger partial charge is 0.270 e. The van der Waals surface area contributed by atoms with Crippen LogP contribution in [0, 0.1) is 11.3 Å². The number of carbonyl (C=O) groups is 1. The van der Waals surface area contributed by atoms with Crippen LogP contribution >= 0.6 is 0 Å². The summed E-state index contributed by atoms with van der Waals surface area (Å²) in [6, 6.07) is 18.5. The summed E-state index contributed by atoms with van der Waals surface area (Å²) in [7, 11) is 0.